The van der Waals surface area contributed by atoms with Crippen LogP contribution in [-0.2, 0) is 16.1 Å². The zero-order valence-corrected chi connectivity index (χ0v) is 14.7. The van der Waals surface area contributed by atoms with Crippen molar-refractivity contribution in [2.45, 2.75) is 6.54 Å². The fourth-order valence-corrected chi connectivity index (χ4v) is 2.59. The molecule has 0 aromatic heterocycles. The standard InChI is InChI=1S/C16H13Br2NO3/c17-13-7-3-1-5-11(13)9-19-15(20)10-22-16(21)12-6-2-4-8-14(12)18/h1-8H,9-10H2,(H,19,20). The normalized spacial score (nSPS) is 10.1. The van der Waals surface area contributed by atoms with E-state index in [9.17, 15) is 9.59 Å². The second kappa shape index (κ2) is 8.10. The van der Waals surface area contributed by atoms with Crippen LogP contribution >= 0.6 is 31.9 Å². The molecule has 0 spiro atoms. The Morgan fingerprint density at radius 1 is 0.955 bits per heavy atom. The van der Waals surface area contributed by atoms with E-state index >= 15 is 0 Å². The Bertz CT molecular complexity index is 689. The third-order valence-corrected chi connectivity index (χ3v) is 4.33. The van der Waals surface area contributed by atoms with E-state index in [0.29, 0.717) is 16.6 Å². The van der Waals surface area contributed by atoms with Gasteiger partial charge in [-0.25, -0.2) is 4.79 Å². The van der Waals surface area contributed by atoms with Crippen LogP contribution in [0.2, 0.25) is 0 Å². The summed E-state index contributed by atoms with van der Waals surface area (Å²) < 4.78 is 6.55. The molecule has 4 nitrogen and oxygen atoms in total. The summed E-state index contributed by atoms with van der Waals surface area (Å²) in [6.07, 6.45) is 0. The molecular weight excluding hydrogens is 414 g/mol. The molecule has 2 rings (SSSR count). The smallest absolute Gasteiger partial charge is 0.339 e. The van der Waals surface area contributed by atoms with Crippen molar-refractivity contribution in [2.75, 3.05) is 6.61 Å². The van der Waals surface area contributed by atoms with Crippen LogP contribution in [0.4, 0.5) is 0 Å². The van der Waals surface area contributed by atoms with Crippen LogP contribution in [0.1, 0.15) is 15.9 Å². The van der Waals surface area contributed by atoms with Crippen LogP contribution in [0.3, 0.4) is 0 Å². The first-order chi connectivity index (χ1) is 10.6. The Hall–Kier alpha value is -1.66. The predicted octanol–water partition coefficient (Wildman–Crippen LogP) is 3.68. The fraction of sp³-hybridized carbons (Fsp3) is 0.125. The highest BCUT2D eigenvalue weighted by Crippen LogP contribution is 2.17. The maximum Gasteiger partial charge on any atom is 0.339 e. The van der Waals surface area contributed by atoms with Gasteiger partial charge in [0.1, 0.15) is 0 Å². The summed E-state index contributed by atoms with van der Waals surface area (Å²) in [5, 5.41) is 2.70. The van der Waals surface area contributed by atoms with Crippen LogP contribution in [0.25, 0.3) is 0 Å². The van der Waals surface area contributed by atoms with Crippen molar-refractivity contribution >= 4 is 43.7 Å². The number of hydrogen-bond donors (Lipinski definition) is 1. The van der Waals surface area contributed by atoms with Gasteiger partial charge in [0.05, 0.1) is 5.56 Å². The predicted molar refractivity (Wildman–Crippen MR) is 90.4 cm³/mol. The first-order valence-electron chi connectivity index (χ1n) is 6.49. The number of esters is 1. The molecule has 0 atom stereocenters. The monoisotopic (exact) mass is 425 g/mol. The maximum atomic E-state index is 11.9. The number of benzene rings is 2. The van der Waals surface area contributed by atoms with Crippen molar-refractivity contribution in [3.63, 3.8) is 0 Å². The van der Waals surface area contributed by atoms with Crippen molar-refractivity contribution in [3.05, 3.63) is 68.6 Å². The van der Waals surface area contributed by atoms with Gasteiger partial charge in [-0.15, -0.1) is 0 Å². The highest BCUT2D eigenvalue weighted by atomic mass is 79.9. The lowest BCUT2D eigenvalue weighted by molar-refractivity contribution is -0.124. The molecule has 0 saturated heterocycles. The molecule has 0 aliphatic heterocycles. The SMILES string of the molecule is O=C(COC(=O)c1ccccc1Br)NCc1ccccc1Br. The zero-order chi connectivity index (χ0) is 15.9. The van der Waals surface area contributed by atoms with E-state index in [4.69, 9.17) is 4.74 Å². The molecule has 0 fully saturated rings. The number of rotatable bonds is 5. The average molecular weight is 427 g/mol. The van der Waals surface area contributed by atoms with Crippen LogP contribution < -0.4 is 5.32 Å². The Morgan fingerprint density at radius 2 is 1.59 bits per heavy atom. The van der Waals surface area contributed by atoms with Crippen molar-refractivity contribution in [1.29, 1.82) is 0 Å². The minimum Gasteiger partial charge on any atom is -0.452 e. The molecule has 0 saturated carbocycles. The lowest BCUT2D eigenvalue weighted by Crippen LogP contribution is -2.28. The van der Waals surface area contributed by atoms with Gasteiger partial charge in [0.25, 0.3) is 5.91 Å². The van der Waals surface area contributed by atoms with E-state index < -0.39 is 5.97 Å². The van der Waals surface area contributed by atoms with Gasteiger partial charge in [-0.3, -0.25) is 4.79 Å². The summed E-state index contributed by atoms with van der Waals surface area (Å²) in [4.78, 5) is 23.6. The number of ether oxygens (including phenoxy) is 1. The third-order valence-electron chi connectivity index (χ3n) is 2.86. The Labute approximate surface area is 145 Å². The van der Waals surface area contributed by atoms with E-state index in [1.807, 2.05) is 24.3 Å². The number of nitrogens with one attached hydrogen (secondary N) is 1. The lowest BCUT2D eigenvalue weighted by Gasteiger charge is -2.08. The molecule has 0 aliphatic rings. The van der Waals surface area contributed by atoms with Crippen LogP contribution in [-0.4, -0.2) is 18.5 Å². The van der Waals surface area contributed by atoms with Crippen molar-refractivity contribution in [3.8, 4) is 0 Å². The van der Waals surface area contributed by atoms with E-state index in [-0.39, 0.29) is 12.5 Å². The van der Waals surface area contributed by atoms with Crippen LogP contribution in [0, 0.1) is 0 Å². The molecule has 2 aromatic rings. The fourth-order valence-electron chi connectivity index (χ4n) is 1.72. The molecule has 0 aliphatic carbocycles. The summed E-state index contributed by atoms with van der Waals surface area (Å²) >= 11 is 6.67. The zero-order valence-electron chi connectivity index (χ0n) is 11.5. The lowest BCUT2D eigenvalue weighted by atomic mass is 10.2. The van der Waals surface area contributed by atoms with Gasteiger partial charge in [0, 0.05) is 15.5 Å². The van der Waals surface area contributed by atoms with Gasteiger partial charge in [-0.05, 0) is 39.7 Å². The molecule has 1 N–H and O–H groups in total. The molecular formula is C16H13Br2NO3. The van der Waals surface area contributed by atoms with Crippen LogP contribution in [0.15, 0.2) is 57.5 Å². The van der Waals surface area contributed by atoms with Gasteiger partial charge in [-0.2, -0.15) is 0 Å². The Morgan fingerprint density at radius 3 is 2.27 bits per heavy atom. The van der Waals surface area contributed by atoms with Gasteiger partial charge < -0.3 is 10.1 Å². The van der Waals surface area contributed by atoms with Gasteiger partial charge in [0.2, 0.25) is 0 Å². The Balaban J connectivity index is 1.82. The summed E-state index contributed by atoms with van der Waals surface area (Å²) in [6, 6.07) is 14.5. The van der Waals surface area contributed by atoms with E-state index in [1.165, 1.54) is 0 Å². The minimum atomic E-state index is -0.538. The molecule has 22 heavy (non-hydrogen) atoms. The van der Waals surface area contributed by atoms with E-state index in [1.54, 1.807) is 24.3 Å². The number of amides is 1. The molecule has 0 bridgehead atoms. The largest absolute Gasteiger partial charge is 0.452 e. The van der Waals surface area contributed by atoms with E-state index in [0.717, 1.165) is 10.0 Å². The second-order valence-corrected chi connectivity index (χ2v) is 6.13. The maximum absolute atomic E-state index is 11.9. The minimum absolute atomic E-state index is 0.315. The molecule has 114 valence electrons. The topological polar surface area (TPSA) is 55.4 Å². The molecule has 6 heteroatoms. The molecule has 0 radical (unpaired) electrons. The summed E-state index contributed by atoms with van der Waals surface area (Å²) in [6.45, 7) is 0.0530. The third kappa shape index (κ3) is 4.68. The van der Waals surface area contributed by atoms with Crippen molar-refractivity contribution in [2.24, 2.45) is 0 Å². The average Bonchev–Trinajstić information content (AvgIpc) is 2.52. The summed E-state index contributed by atoms with van der Waals surface area (Å²) in [7, 11) is 0. The molecule has 1 amide bonds. The number of halogens is 2. The molecule has 2 aromatic carbocycles. The highest BCUT2D eigenvalue weighted by molar-refractivity contribution is 9.10. The molecule has 0 unspecified atom stereocenters. The quantitative estimate of drug-likeness (QED) is 0.742. The number of carbonyl (C=O) groups excluding carboxylic acids is 2. The highest BCUT2D eigenvalue weighted by Gasteiger charge is 2.12. The first-order valence-corrected chi connectivity index (χ1v) is 8.08. The van der Waals surface area contributed by atoms with Gasteiger partial charge >= 0.3 is 5.97 Å². The van der Waals surface area contributed by atoms with Gasteiger partial charge in [-0.1, -0.05) is 46.3 Å². The summed E-state index contributed by atoms with van der Waals surface area (Å²) in [5.41, 5.74) is 1.34. The second-order valence-electron chi connectivity index (χ2n) is 4.42. The molecule has 0 heterocycles. The summed E-state index contributed by atoms with van der Waals surface area (Å²) in [5.74, 6) is -0.889. The first kappa shape index (κ1) is 16.7. The van der Waals surface area contributed by atoms with Crippen molar-refractivity contribution in [1.82, 2.24) is 5.32 Å². The van der Waals surface area contributed by atoms with Crippen molar-refractivity contribution < 1.29 is 14.3 Å². The van der Waals surface area contributed by atoms with E-state index in [2.05, 4.69) is 37.2 Å². The van der Waals surface area contributed by atoms with Gasteiger partial charge in [0.15, 0.2) is 6.61 Å². The number of carbonyl (C=O) groups is 2. The van der Waals surface area contributed by atoms with Crippen LogP contribution in [0.5, 0.6) is 0 Å². The number of hydrogen-bond acceptors (Lipinski definition) is 3. The Kier molecular flexibility index (Phi) is 6.15.